The second-order valence-electron chi connectivity index (χ2n) is 5.55. The number of hydrogen-bond acceptors (Lipinski definition) is 3. The lowest BCUT2D eigenvalue weighted by atomic mass is 9.95. The van der Waals surface area contributed by atoms with Crippen molar-refractivity contribution in [2.24, 2.45) is 0 Å². The predicted molar refractivity (Wildman–Crippen MR) is 82.6 cm³/mol. The largest absolute Gasteiger partial charge is 0.368 e. The van der Waals surface area contributed by atoms with E-state index < -0.39 is 0 Å². The molecule has 0 bridgehead atoms. The van der Waals surface area contributed by atoms with Crippen LogP contribution in [0.25, 0.3) is 5.57 Å². The summed E-state index contributed by atoms with van der Waals surface area (Å²) in [6.45, 7) is 1.56. The molecule has 0 atom stereocenters. The maximum absolute atomic E-state index is 12.2. The molecule has 0 spiro atoms. The number of hydrogen-bond donors (Lipinski definition) is 1. The summed E-state index contributed by atoms with van der Waals surface area (Å²) in [5.74, 6) is -0.665. The van der Waals surface area contributed by atoms with Crippen molar-refractivity contribution in [3.63, 3.8) is 0 Å². The van der Waals surface area contributed by atoms with E-state index in [1.165, 1.54) is 11.1 Å². The first-order valence-corrected chi connectivity index (χ1v) is 7.20. The Bertz CT molecular complexity index is 798. The minimum atomic E-state index is -0.334. The highest BCUT2D eigenvalue weighted by molar-refractivity contribution is 6.30. The molecule has 0 saturated carbocycles. The van der Waals surface area contributed by atoms with Gasteiger partial charge in [-0.1, -0.05) is 42.5 Å². The van der Waals surface area contributed by atoms with Crippen LogP contribution in [0.15, 0.2) is 54.7 Å². The van der Waals surface area contributed by atoms with Crippen LogP contribution in [0.5, 0.6) is 0 Å². The average Bonchev–Trinajstić information content (AvgIpc) is 2.94. The van der Waals surface area contributed by atoms with Gasteiger partial charge in [0.15, 0.2) is 0 Å². The first-order valence-electron chi connectivity index (χ1n) is 7.20. The number of rotatable bonds is 1. The zero-order valence-corrected chi connectivity index (χ0v) is 11.9. The van der Waals surface area contributed by atoms with Crippen molar-refractivity contribution in [1.29, 1.82) is 0 Å². The van der Waals surface area contributed by atoms with E-state index >= 15 is 0 Å². The van der Waals surface area contributed by atoms with E-state index in [4.69, 9.17) is 0 Å². The molecule has 0 unspecified atom stereocenters. The minimum absolute atomic E-state index is 0.331. The van der Waals surface area contributed by atoms with Gasteiger partial charge in [-0.3, -0.25) is 14.9 Å². The predicted octanol–water partition coefficient (Wildman–Crippen LogP) is 2.31. The third kappa shape index (κ3) is 2.00. The number of nitrogens with one attached hydrogen (secondary N) is 1. The molecule has 2 aromatic rings. The Labute approximate surface area is 128 Å². The minimum Gasteiger partial charge on any atom is -0.368 e. The summed E-state index contributed by atoms with van der Waals surface area (Å²) in [4.78, 5) is 26.2. The van der Waals surface area contributed by atoms with E-state index in [2.05, 4.69) is 22.3 Å². The van der Waals surface area contributed by atoms with Crippen LogP contribution in [0.4, 0.5) is 0 Å². The topological polar surface area (TPSA) is 49.4 Å². The number of carbonyl (C=O) groups excluding carboxylic acids is 2. The molecule has 4 heteroatoms. The number of fused-ring (bicyclic) bond motifs is 2. The molecular weight excluding hydrogens is 276 g/mol. The lowest BCUT2D eigenvalue weighted by Gasteiger charge is -2.21. The first kappa shape index (κ1) is 12.8. The normalized spacial score (nSPS) is 18.2. The molecule has 2 amide bonds. The Morgan fingerprint density at radius 3 is 2.09 bits per heavy atom. The number of amides is 2. The molecule has 0 aliphatic carbocycles. The summed E-state index contributed by atoms with van der Waals surface area (Å²) in [7, 11) is 0. The average molecular weight is 290 g/mol. The Balaban J connectivity index is 1.72. The summed E-state index contributed by atoms with van der Waals surface area (Å²) < 4.78 is 0. The van der Waals surface area contributed by atoms with Crippen LogP contribution in [0.1, 0.15) is 27.0 Å². The molecule has 0 fully saturated rings. The van der Waals surface area contributed by atoms with Crippen LogP contribution in [0.2, 0.25) is 0 Å². The first-order chi connectivity index (χ1) is 10.7. The molecule has 0 radical (unpaired) electrons. The maximum atomic E-state index is 12.2. The van der Waals surface area contributed by atoms with Crippen LogP contribution in [0.3, 0.4) is 0 Å². The summed E-state index contributed by atoms with van der Waals surface area (Å²) >= 11 is 0. The lowest BCUT2D eigenvalue weighted by molar-refractivity contribution is -0.114. The standard InChI is InChI=1S/C18H14N2O2/c21-17-15-8-4-3-7-14(15)16(18(22)19-17)11-20-9-12-5-1-2-6-13(12)10-20/h1-8,11H,9-10H2,(H,19,21,22)/b16-11-. The molecule has 4 rings (SSSR count). The highest BCUT2D eigenvalue weighted by Crippen LogP contribution is 2.28. The van der Waals surface area contributed by atoms with E-state index in [1.807, 2.05) is 30.5 Å². The Kier molecular flexibility index (Phi) is 2.82. The van der Waals surface area contributed by atoms with Gasteiger partial charge in [-0.25, -0.2) is 0 Å². The van der Waals surface area contributed by atoms with Crippen LogP contribution in [-0.2, 0) is 17.9 Å². The van der Waals surface area contributed by atoms with Crippen molar-refractivity contribution in [2.45, 2.75) is 13.1 Å². The van der Waals surface area contributed by atoms with Crippen molar-refractivity contribution in [1.82, 2.24) is 10.2 Å². The fourth-order valence-electron chi connectivity index (χ4n) is 3.04. The lowest BCUT2D eigenvalue weighted by Crippen LogP contribution is -2.37. The van der Waals surface area contributed by atoms with Gasteiger partial charge in [-0.05, 0) is 17.2 Å². The molecule has 2 aliphatic heterocycles. The Morgan fingerprint density at radius 2 is 1.41 bits per heavy atom. The monoisotopic (exact) mass is 290 g/mol. The molecule has 2 aromatic carbocycles. The summed E-state index contributed by atoms with van der Waals surface area (Å²) in [6, 6.07) is 15.5. The molecule has 22 heavy (non-hydrogen) atoms. The van der Waals surface area contributed by atoms with Crippen LogP contribution in [-0.4, -0.2) is 16.7 Å². The van der Waals surface area contributed by atoms with Crippen molar-refractivity contribution in [2.75, 3.05) is 0 Å². The smallest absolute Gasteiger partial charge is 0.260 e. The van der Waals surface area contributed by atoms with Crippen molar-refractivity contribution < 1.29 is 9.59 Å². The van der Waals surface area contributed by atoms with Gasteiger partial charge in [0.2, 0.25) is 0 Å². The fraction of sp³-hybridized carbons (Fsp3) is 0.111. The highest BCUT2D eigenvalue weighted by Gasteiger charge is 2.28. The fourth-order valence-corrected chi connectivity index (χ4v) is 3.04. The van der Waals surface area contributed by atoms with Gasteiger partial charge in [-0.2, -0.15) is 0 Å². The van der Waals surface area contributed by atoms with Crippen molar-refractivity contribution in [3.8, 4) is 0 Å². The number of carbonyl (C=O) groups is 2. The zero-order chi connectivity index (χ0) is 15.1. The second-order valence-corrected chi connectivity index (χ2v) is 5.55. The molecule has 0 aromatic heterocycles. The quantitative estimate of drug-likeness (QED) is 0.647. The van der Waals surface area contributed by atoms with Crippen molar-refractivity contribution in [3.05, 3.63) is 77.0 Å². The number of imide groups is 1. The van der Waals surface area contributed by atoms with Gasteiger partial charge in [0.25, 0.3) is 11.8 Å². The maximum Gasteiger partial charge on any atom is 0.260 e. The SMILES string of the molecule is O=C1NC(=O)c2ccccc2/C1=C/N1Cc2ccccc2C1. The van der Waals surface area contributed by atoms with Gasteiger partial charge >= 0.3 is 0 Å². The van der Waals surface area contributed by atoms with E-state index in [-0.39, 0.29) is 11.8 Å². The van der Waals surface area contributed by atoms with Gasteiger partial charge in [-0.15, -0.1) is 0 Å². The van der Waals surface area contributed by atoms with E-state index in [0.717, 1.165) is 13.1 Å². The molecule has 0 saturated heterocycles. The second kappa shape index (κ2) is 4.84. The summed E-state index contributed by atoms with van der Waals surface area (Å²) in [6.07, 6.45) is 1.86. The van der Waals surface area contributed by atoms with E-state index in [0.29, 0.717) is 16.7 Å². The molecule has 2 heterocycles. The number of benzene rings is 2. The van der Waals surface area contributed by atoms with Gasteiger partial charge < -0.3 is 4.90 Å². The molecule has 1 N–H and O–H groups in total. The third-order valence-corrected chi connectivity index (χ3v) is 4.11. The van der Waals surface area contributed by atoms with E-state index in [9.17, 15) is 9.59 Å². The molecule has 4 nitrogen and oxygen atoms in total. The third-order valence-electron chi connectivity index (χ3n) is 4.11. The van der Waals surface area contributed by atoms with E-state index in [1.54, 1.807) is 12.1 Å². The van der Waals surface area contributed by atoms with Crippen LogP contribution >= 0.6 is 0 Å². The molecular formula is C18H14N2O2. The number of nitrogens with zero attached hydrogens (tertiary/aromatic N) is 1. The highest BCUT2D eigenvalue weighted by atomic mass is 16.2. The Hall–Kier alpha value is -2.88. The zero-order valence-electron chi connectivity index (χ0n) is 11.9. The van der Waals surface area contributed by atoms with Gasteiger partial charge in [0.05, 0.1) is 5.57 Å². The summed E-state index contributed by atoms with van der Waals surface area (Å²) in [5, 5.41) is 2.41. The van der Waals surface area contributed by atoms with Crippen molar-refractivity contribution >= 4 is 17.4 Å². The molecule has 2 aliphatic rings. The van der Waals surface area contributed by atoms with Gasteiger partial charge in [0, 0.05) is 30.4 Å². The van der Waals surface area contributed by atoms with Crippen LogP contribution < -0.4 is 5.32 Å². The Morgan fingerprint density at radius 1 is 0.818 bits per heavy atom. The van der Waals surface area contributed by atoms with Crippen LogP contribution in [0, 0.1) is 0 Å². The molecule has 108 valence electrons. The van der Waals surface area contributed by atoms with Gasteiger partial charge in [0.1, 0.15) is 0 Å². The summed E-state index contributed by atoms with van der Waals surface area (Å²) in [5.41, 5.74) is 4.35.